The van der Waals surface area contributed by atoms with Gasteiger partial charge >= 0.3 is 0 Å². The fraction of sp³-hybridized carbons (Fsp3) is 0.467. The fourth-order valence-electron chi connectivity index (χ4n) is 2.53. The molecule has 2 rings (SSSR count). The van der Waals surface area contributed by atoms with E-state index in [2.05, 4.69) is 5.32 Å². The summed E-state index contributed by atoms with van der Waals surface area (Å²) in [5.74, 6) is -0.486. The molecule has 0 radical (unpaired) electrons. The van der Waals surface area contributed by atoms with Gasteiger partial charge in [0.25, 0.3) is 5.91 Å². The Kier molecular flexibility index (Phi) is 4.06. The van der Waals surface area contributed by atoms with Crippen LogP contribution in [0.25, 0.3) is 0 Å². The summed E-state index contributed by atoms with van der Waals surface area (Å²) in [5.41, 5.74) is -0.262. The van der Waals surface area contributed by atoms with Gasteiger partial charge in [-0.2, -0.15) is 0 Å². The third-order valence-corrected chi connectivity index (χ3v) is 4.00. The minimum Gasteiger partial charge on any atom is -0.338 e. The van der Waals surface area contributed by atoms with Gasteiger partial charge < -0.3 is 10.2 Å². The lowest BCUT2D eigenvalue weighted by Gasteiger charge is -2.45. The Labute approximate surface area is 118 Å². The summed E-state index contributed by atoms with van der Waals surface area (Å²) < 4.78 is 12.8. The standard InChI is InChI=1S/C15H19FN2O2/c1-3-15(2)14(20)17-12(11-7-5-4-6-8-11)13(19)18(15)10-9-16/h4-8,12H,3,9-10H2,1-2H3,(H,17,20). The average Bonchev–Trinajstić information content (AvgIpc) is 2.48. The summed E-state index contributed by atoms with van der Waals surface area (Å²) in [6, 6.07) is 8.29. The Balaban J connectivity index is 2.37. The second-order valence-corrected chi connectivity index (χ2v) is 5.12. The van der Waals surface area contributed by atoms with Crippen molar-refractivity contribution in [1.82, 2.24) is 10.2 Å². The van der Waals surface area contributed by atoms with E-state index < -0.39 is 18.3 Å². The van der Waals surface area contributed by atoms with Gasteiger partial charge in [-0.1, -0.05) is 37.3 Å². The molecule has 4 nitrogen and oxygen atoms in total. The normalized spacial score (nSPS) is 26.6. The van der Waals surface area contributed by atoms with Crippen LogP contribution in [0.5, 0.6) is 0 Å². The number of halogens is 1. The van der Waals surface area contributed by atoms with E-state index in [1.807, 2.05) is 25.1 Å². The second-order valence-electron chi connectivity index (χ2n) is 5.12. The van der Waals surface area contributed by atoms with Gasteiger partial charge in [-0.3, -0.25) is 9.59 Å². The van der Waals surface area contributed by atoms with Crippen molar-refractivity contribution in [2.75, 3.05) is 13.2 Å². The van der Waals surface area contributed by atoms with Crippen molar-refractivity contribution in [2.45, 2.75) is 31.8 Å². The summed E-state index contributed by atoms with van der Waals surface area (Å²) >= 11 is 0. The minimum atomic E-state index is -0.978. The number of nitrogens with zero attached hydrogens (tertiary/aromatic N) is 1. The van der Waals surface area contributed by atoms with Gasteiger partial charge in [0.2, 0.25) is 5.91 Å². The Morgan fingerprint density at radius 1 is 1.30 bits per heavy atom. The van der Waals surface area contributed by atoms with E-state index in [0.29, 0.717) is 12.0 Å². The fourth-order valence-corrected chi connectivity index (χ4v) is 2.53. The summed E-state index contributed by atoms with van der Waals surface area (Å²) in [7, 11) is 0. The Morgan fingerprint density at radius 2 is 1.95 bits per heavy atom. The van der Waals surface area contributed by atoms with Gasteiger partial charge in [-0.15, -0.1) is 0 Å². The maximum absolute atomic E-state index is 12.8. The highest BCUT2D eigenvalue weighted by molar-refractivity contribution is 6.00. The quantitative estimate of drug-likeness (QED) is 0.913. The SMILES string of the molecule is CCC1(C)C(=O)NC(c2ccccc2)C(=O)N1CCF. The zero-order chi connectivity index (χ0) is 14.8. The molecule has 1 saturated heterocycles. The molecular weight excluding hydrogens is 259 g/mol. The number of nitrogens with one attached hydrogen (secondary N) is 1. The topological polar surface area (TPSA) is 49.4 Å². The molecule has 1 aromatic rings. The number of piperazine rings is 1. The number of alkyl halides is 1. The maximum Gasteiger partial charge on any atom is 0.250 e. The molecule has 5 heteroatoms. The molecule has 0 saturated carbocycles. The zero-order valence-corrected chi connectivity index (χ0v) is 11.7. The molecule has 2 unspecified atom stereocenters. The number of hydrogen-bond acceptors (Lipinski definition) is 2. The summed E-state index contributed by atoms with van der Waals surface area (Å²) in [4.78, 5) is 26.3. The lowest BCUT2D eigenvalue weighted by molar-refractivity contribution is -0.157. The van der Waals surface area contributed by atoms with Crippen molar-refractivity contribution >= 4 is 11.8 Å². The van der Waals surface area contributed by atoms with Crippen LogP contribution in [0.1, 0.15) is 31.9 Å². The predicted molar refractivity (Wildman–Crippen MR) is 73.7 cm³/mol. The van der Waals surface area contributed by atoms with E-state index in [1.165, 1.54) is 4.90 Å². The number of benzene rings is 1. The van der Waals surface area contributed by atoms with E-state index >= 15 is 0 Å². The van der Waals surface area contributed by atoms with Crippen molar-refractivity contribution < 1.29 is 14.0 Å². The van der Waals surface area contributed by atoms with Gasteiger partial charge in [0.05, 0.1) is 6.54 Å². The van der Waals surface area contributed by atoms with Crippen molar-refractivity contribution in [3.05, 3.63) is 35.9 Å². The zero-order valence-electron chi connectivity index (χ0n) is 11.7. The Morgan fingerprint density at radius 3 is 2.50 bits per heavy atom. The van der Waals surface area contributed by atoms with Crippen LogP contribution in [-0.2, 0) is 9.59 Å². The van der Waals surface area contributed by atoms with E-state index in [1.54, 1.807) is 19.1 Å². The highest BCUT2D eigenvalue weighted by Crippen LogP contribution is 2.30. The van der Waals surface area contributed by atoms with Crippen LogP contribution in [0, 0.1) is 0 Å². The van der Waals surface area contributed by atoms with Crippen molar-refractivity contribution in [3.63, 3.8) is 0 Å². The summed E-state index contributed by atoms with van der Waals surface area (Å²) in [6.45, 7) is 2.79. The van der Waals surface area contributed by atoms with Gasteiger partial charge in [-0.05, 0) is 18.9 Å². The number of amides is 2. The van der Waals surface area contributed by atoms with E-state index in [-0.39, 0.29) is 18.4 Å². The molecule has 0 spiro atoms. The third kappa shape index (κ3) is 2.28. The highest BCUT2D eigenvalue weighted by Gasteiger charge is 2.48. The van der Waals surface area contributed by atoms with Crippen LogP contribution in [0.4, 0.5) is 4.39 Å². The lowest BCUT2D eigenvalue weighted by atomic mass is 9.89. The van der Waals surface area contributed by atoms with Crippen LogP contribution in [0.15, 0.2) is 30.3 Å². The number of rotatable bonds is 4. The lowest BCUT2D eigenvalue weighted by Crippen LogP contribution is -2.66. The van der Waals surface area contributed by atoms with Gasteiger partial charge in [0.1, 0.15) is 18.3 Å². The number of hydrogen-bond donors (Lipinski definition) is 1. The van der Waals surface area contributed by atoms with E-state index in [9.17, 15) is 14.0 Å². The molecule has 2 amide bonds. The van der Waals surface area contributed by atoms with Crippen molar-refractivity contribution in [1.29, 1.82) is 0 Å². The van der Waals surface area contributed by atoms with Crippen LogP contribution in [0.2, 0.25) is 0 Å². The molecule has 1 heterocycles. The maximum atomic E-state index is 12.8. The van der Waals surface area contributed by atoms with Crippen molar-refractivity contribution in [3.8, 4) is 0 Å². The van der Waals surface area contributed by atoms with Gasteiger partial charge in [0.15, 0.2) is 0 Å². The molecule has 0 aliphatic carbocycles. The molecule has 1 aliphatic heterocycles. The van der Waals surface area contributed by atoms with Gasteiger partial charge in [0, 0.05) is 0 Å². The Bertz CT molecular complexity index is 506. The largest absolute Gasteiger partial charge is 0.338 e. The number of carbonyl (C=O) groups is 2. The van der Waals surface area contributed by atoms with Gasteiger partial charge in [-0.25, -0.2) is 4.39 Å². The summed E-state index contributed by atoms with van der Waals surface area (Å²) in [5, 5.41) is 2.76. The van der Waals surface area contributed by atoms with E-state index in [4.69, 9.17) is 0 Å². The first-order valence-electron chi connectivity index (χ1n) is 6.78. The Hall–Kier alpha value is -1.91. The first-order valence-corrected chi connectivity index (χ1v) is 6.78. The van der Waals surface area contributed by atoms with Crippen LogP contribution < -0.4 is 5.32 Å². The highest BCUT2D eigenvalue weighted by atomic mass is 19.1. The molecule has 1 aromatic carbocycles. The minimum absolute atomic E-state index is 0.0556. The van der Waals surface area contributed by atoms with Crippen LogP contribution in [0.3, 0.4) is 0 Å². The van der Waals surface area contributed by atoms with Crippen molar-refractivity contribution in [2.24, 2.45) is 0 Å². The smallest absolute Gasteiger partial charge is 0.250 e. The van der Waals surface area contributed by atoms with Crippen LogP contribution in [-0.4, -0.2) is 35.5 Å². The number of carbonyl (C=O) groups excluding carboxylic acids is 2. The summed E-state index contributed by atoms with van der Waals surface area (Å²) in [6.07, 6.45) is 0.450. The molecule has 108 valence electrons. The first kappa shape index (κ1) is 14.5. The molecule has 0 aromatic heterocycles. The van der Waals surface area contributed by atoms with Crippen LogP contribution >= 0.6 is 0 Å². The second kappa shape index (κ2) is 5.61. The molecule has 2 atom stereocenters. The first-order chi connectivity index (χ1) is 9.54. The monoisotopic (exact) mass is 278 g/mol. The molecular formula is C15H19FN2O2. The molecule has 20 heavy (non-hydrogen) atoms. The third-order valence-electron chi connectivity index (χ3n) is 4.00. The molecule has 0 bridgehead atoms. The molecule has 1 aliphatic rings. The molecule has 1 N–H and O–H groups in total. The average molecular weight is 278 g/mol. The predicted octanol–water partition coefficient (Wildman–Crippen LogP) is 1.82. The molecule has 1 fully saturated rings. The van der Waals surface area contributed by atoms with E-state index in [0.717, 1.165) is 0 Å².